The van der Waals surface area contributed by atoms with E-state index in [1.165, 1.54) is 10.9 Å². The van der Waals surface area contributed by atoms with E-state index in [0.717, 1.165) is 38.2 Å². The van der Waals surface area contributed by atoms with Crippen LogP contribution >= 0.6 is 0 Å². The lowest BCUT2D eigenvalue weighted by Crippen LogP contribution is -2.33. The zero-order valence-corrected chi connectivity index (χ0v) is 11.7. The van der Waals surface area contributed by atoms with Gasteiger partial charge < -0.3 is 5.73 Å². The summed E-state index contributed by atoms with van der Waals surface area (Å²) in [5.41, 5.74) is 4.97. The van der Waals surface area contributed by atoms with Crippen LogP contribution in [0.4, 0.5) is 13.2 Å². The molecule has 3 unspecified atom stereocenters. The molecule has 0 spiro atoms. The zero-order chi connectivity index (χ0) is 14.8. The van der Waals surface area contributed by atoms with Gasteiger partial charge in [-0.2, -0.15) is 18.3 Å². The standard InChI is InChI=1S/C14H22F3N3/c1-2-3-10-4-5-11(9-18)12(8-10)20-7-6-13(19-20)14(15,16)17/h6-7,10-12H,2-5,8-9,18H2,1H3. The van der Waals surface area contributed by atoms with Gasteiger partial charge in [-0.15, -0.1) is 0 Å². The Kier molecular flexibility index (Phi) is 4.73. The van der Waals surface area contributed by atoms with Crippen molar-refractivity contribution in [3.63, 3.8) is 0 Å². The van der Waals surface area contributed by atoms with Crippen LogP contribution in [0.25, 0.3) is 0 Å². The van der Waals surface area contributed by atoms with Crippen molar-refractivity contribution < 1.29 is 13.2 Å². The average Bonchev–Trinajstić information content (AvgIpc) is 2.88. The topological polar surface area (TPSA) is 43.8 Å². The molecule has 0 amide bonds. The Hall–Kier alpha value is -1.04. The summed E-state index contributed by atoms with van der Waals surface area (Å²) in [6.07, 6.45) is 2.30. The molecule has 1 aromatic heterocycles. The fraction of sp³-hybridized carbons (Fsp3) is 0.786. The van der Waals surface area contributed by atoms with Gasteiger partial charge in [0, 0.05) is 6.20 Å². The van der Waals surface area contributed by atoms with Crippen molar-refractivity contribution >= 4 is 0 Å². The van der Waals surface area contributed by atoms with Gasteiger partial charge in [0.05, 0.1) is 6.04 Å². The van der Waals surface area contributed by atoms with E-state index < -0.39 is 11.9 Å². The summed E-state index contributed by atoms with van der Waals surface area (Å²) in [5.74, 6) is 0.801. The molecule has 1 fully saturated rings. The SMILES string of the molecule is CCCC1CCC(CN)C(n2ccc(C(F)(F)F)n2)C1. The van der Waals surface area contributed by atoms with Crippen LogP contribution in [-0.4, -0.2) is 16.3 Å². The Labute approximate surface area is 117 Å². The molecule has 1 aliphatic rings. The van der Waals surface area contributed by atoms with Gasteiger partial charge in [-0.3, -0.25) is 4.68 Å². The summed E-state index contributed by atoms with van der Waals surface area (Å²) in [5, 5.41) is 3.73. The lowest BCUT2D eigenvalue weighted by Gasteiger charge is -2.35. The minimum atomic E-state index is -4.37. The third-order valence-electron chi connectivity index (χ3n) is 4.30. The third-order valence-corrected chi connectivity index (χ3v) is 4.30. The second-order valence-electron chi connectivity index (χ2n) is 5.71. The zero-order valence-electron chi connectivity index (χ0n) is 11.7. The van der Waals surface area contributed by atoms with Gasteiger partial charge in [0.25, 0.3) is 0 Å². The molecular weight excluding hydrogens is 267 g/mol. The smallest absolute Gasteiger partial charge is 0.330 e. The van der Waals surface area contributed by atoms with E-state index >= 15 is 0 Å². The predicted octanol–water partition coefficient (Wildman–Crippen LogP) is 3.62. The molecule has 114 valence electrons. The highest BCUT2D eigenvalue weighted by atomic mass is 19.4. The average molecular weight is 289 g/mol. The first-order valence-electron chi connectivity index (χ1n) is 7.28. The minimum Gasteiger partial charge on any atom is -0.330 e. The number of nitrogens with two attached hydrogens (primary N) is 1. The number of hydrogen-bond donors (Lipinski definition) is 1. The van der Waals surface area contributed by atoms with Crippen LogP contribution in [0.5, 0.6) is 0 Å². The molecule has 2 N–H and O–H groups in total. The van der Waals surface area contributed by atoms with E-state index in [2.05, 4.69) is 12.0 Å². The molecule has 0 bridgehead atoms. The molecule has 2 rings (SSSR count). The number of rotatable bonds is 4. The van der Waals surface area contributed by atoms with Crippen LogP contribution in [0, 0.1) is 11.8 Å². The van der Waals surface area contributed by atoms with Crippen molar-refractivity contribution in [2.24, 2.45) is 17.6 Å². The van der Waals surface area contributed by atoms with E-state index in [0.29, 0.717) is 12.5 Å². The van der Waals surface area contributed by atoms with Crippen molar-refractivity contribution in [2.45, 2.75) is 51.2 Å². The van der Waals surface area contributed by atoms with Gasteiger partial charge in [-0.1, -0.05) is 19.8 Å². The molecule has 1 heterocycles. The maximum absolute atomic E-state index is 12.6. The number of aromatic nitrogens is 2. The monoisotopic (exact) mass is 289 g/mol. The number of hydrogen-bond acceptors (Lipinski definition) is 2. The highest BCUT2D eigenvalue weighted by Gasteiger charge is 2.36. The maximum Gasteiger partial charge on any atom is 0.435 e. The maximum atomic E-state index is 12.6. The molecule has 1 aliphatic carbocycles. The van der Waals surface area contributed by atoms with Crippen LogP contribution in [0.1, 0.15) is 50.8 Å². The van der Waals surface area contributed by atoms with Gasteiger partial charge in [-0.05, 0) is 43.7 Å². The number of nitrogens with zero attached hydrogens (tertiary/aromatic N) is 2. The lowest BCUT2D eigenvalue weighted by atomic mass is 9.76. The summed E-state index contributed by atoms with van der Waals surface area (Å²) in [7, 11) is 0. The van der Waals surface area contributed by atoms with Crippen LogP contribution in [0.3, 0.4) is 0 Å². The highest BCUT2D eigenvalue weighted by Crippen LogP contribution is 2.39. The second-order valence-corrected chi connectivity index (χ2v) is 5.71. The Bertz CT molecular complexity index is 428. The normalized spacial score (nSPS) is 27.8. The van der Waals surface area contributed by atoms with E-state index in [9.17, 15) is 13.2 Å². The second kappa shape index (κ2) is 6.16. The van der Waals surface area contributed by atoms with Crippen LogP contribution < -0.4 is 5.73 Å². The molecule has 3 nitrogen and oxygen atoms in total. The first-order valence-corrected chi connectivity index (χ1v) is 7.28. The van der Waals surface area contributed by atoms with Crippen LogP contribution in [0.2, 0.25) is 0 Å². The summed E-state index contributed by atoms with van der Waals surface area (Å²) < 4.78 is 39.4. The Balaban J connectivity index is 2.16. The fourth-order valence-corrected chi connectivity index (χ4v) is 3.24. The quantitative estimate of drug-likeness (QED) is 0.920. The molecule has 3 atom stereocenters. The van der Waals surface area contributed by atoms with Crippen molar-refractivity contribution in [3.05, 3.63) is 18.0 Å². The van der Waals surface area contributed by atoms with E-state index in [1.54, 1.807) is 0 Å². The first-order chi connectivity index (χ1) is 9.45. The minimum absolute atomic E-state index is 0.00130. The van der Waals surface area contributed by atoms with Crippen LogP contribution in [0.15, 0.2) is 12.3 Å². The summed E-state index contributed by atoms with van der Waals surface area (Å²) in [6, 6.07) is 1.05. The summed E-state index contributed by atoms with van der Waals surface area (Å²) >= 11 is 0. The molecule has 1 aromatic rings. The molecule has 0 radical (unpaired) electrons. The lowest BCUT2D eigenvalue weighted by molar-refractivity contribution is -0.141. The van der Waals surface area contributed by atoms with Crippen molar-refractivity contribution in [1.29, 1.82) is 0 Å². The van der Waals surface area contributed by atoms with Gasteiger partial charge >= 0.3 is 6.18 Å². The molecule has 20 heavy (non-hydrogen) atoms. The van der Waals surface area contributed by atoms with Crippen molar-refractivity contribution in [3.8, 4) is 0 Å². The fourth-order valence-electron chi connectivity index (χ4n) is 3.24. The summed E-state index contributed by atoms with van der Waals surface area (Å²) in [4.78, 5) is 0. The van der Waals surface area contributed by atoms with Gasteiger partial charge in [-0.25, -0.2) is 0 Å². The molecule has 0 aliphatic heterocycles. The Morgan fingerprint density at radius 1 is 1.40 bits per heavy atom. The van der Waals surface area contributed by atoms with E-state index in [1.807, 2.05) is 0 Å². The first kappa shape index (κ1) is 15.4. The molecule has 6 heteroatoms. The van der Waals surface area contributed by atoms with Gasteiger partial charge in [0.2, 0.25) is 0 Å². The number of halogens is 3. The molecular formula is C14H22F3N3. The largest absolute Gasteiger partial charge is 0.435 e. The molecule has 0 saturated heterocycles. The Morgan fingerprint density at radius 3 is 2.70 bits per heavy atom. The Morgan fingerprint density at radius 2 is 2.15 bits per heavy atom. The van der Waals surface area contributed by atoms with E-state index in [-0.39, 0.29) is 12.0 Å². The van der Waals surface area contributed by atoms with Crippen molar-refractivity contribution in [2.75, 3.05) is 6.54 Å². The van der Waals surface area contributed by atoms with Gasteiger partial charge in [0.1, 0.15) is 0 Å². The highest BCUT2D eigenvalue weighted by molar-refractivity contribution is 5.04. The molecule has 1 saturated carbocycles. The predicted molar refractivity (Wildman–Crippen MR) is 71.1 cm³/mol. The van der Waals surface area contributed by atoms with E-state index in [4.69, 9.17) is 5.73 Å². The summed E-state index contributed by atoms with van der Waals surface area (Å²) in [6.45, 7) is 2.64. The van der Waals surface area contributed by atoms with Crippen LogP contribution in [-0.2, 0) is 6.18 Å². The van der Waals surface area contributed by atoms with Crippen molar-refractivity contribution in [1.82, 2.24) is 9.78 Å². The molecule has 0 aromatic carbocycles. The third kappa shape index (κ3) is 3.34. The van der Waals surface area contributed by atoms with Gasteiger partial charge in [0.15, 0.2) is 5.69 Å². The number of alkyl halides is 3.